The molecule has 1 N–H and O–H groups in total. The molecule has 1 aromatic rings. The van der Waals surface area contributed by atoms with Gasteiger partial charge >= 0.3 is 0 Å². The van der Waals surface area contributed by atoms with Crippen molar-refractivity contribution >= 4 is 21.8 Å². The lowest BCUT2D eigenvalue weighted by molar-refractivity contribution is -0.128. The monoisotopic (exact) mass is 329 g/mol. The fourth-order valence-corrected chi connectivity index (χ4v) is 1.89. The molecule has 0 fully saturated rings. The molecule has 0 spiro atoms. The minimum Gasteiger partial charge on any atom is -0.480 e. The molecule has 0 aromatic heterocycles. The molecule has 106 valence electrons. The number of amides is 1. The summed E-state index contributed by atoms with van der Waals surface area (Å²) >= 11 is 3.39. The molecule has 1 rings (SSSR count). The van der Waals surface area contributed by atoms with Gasteiger partial charge in [-0.25, -0.2) is 0 Å². The van der Waals surface area contributed by atoms with E-state index >= 15 is 0 Å². The van der Waals surface area contributed by atoms with E-state index in [1.54, 1.807) is 14.0 Å². The third-order valence-corrected chi connectivity index (χ3v) is 3.31. The Hall–Kier alpha value is -1.07. The molecule has 0 saturated carbocycles. The number of benzene rings is 1. The van der Waals surface area contributed by atoms with E-state index in [1.807, 2.05) is 31.2 Å². The van der Waals surface area contributed by atoms with Crippen molar-refractivity contribution in [1.82, 2.24) is 5.32 Å². The summed E-state index contributed by atoms with van der Waals surface area (Å²) in [7, 11) is 1.65. The molecule has 0 aliphatic rings. The van der Waals surface area contributed by atoms with Crippen molar-refractivity contribution in [3.05, 3.63) is 28.7 Å². The van der Waals surface area contributed by atoms with Gasteiger partial charge in [0.05, 0.1) is 4.47 Å². The topological polar surface area (TPSA) is 47.6 Å². The Morgan fingerprint density at radius 2 is 2.05 bits per heavy atom. The highest BCUT2D eigenvalue weighted by Crippen LogP contribution is 2.24. The first-order valence-corrected chi connectivity index (χ1v) is 7.04. The van der Waals surface area contributed by atoms with Crippen molar-refractivity contribution in [3.8, 4) is 5.75 Å². The summed E-state index contributed by atoms with van der Waals surface area (Å²) in [5.41, 5.74) is 0. The van der Waals surface area contributed by atoms with E-state index in [0.29, 0.717) is 12.4 Å². The highest BCUT2D eigenvalue weighted by Gasteiger charge is 2.17. The zero-order valence-corrected chi connectivity index (χ0v) is 13.1. The fraction of sp³-hybridized carbons (Fsp3) is 0.500. The predicted molar refractivity (Wildman–Crippen MR) is 78.3 cm³/mol. The second-order valence-electron chi connectivity index (χ2n) is 4.38. The van der Waals surface area contributed by atoms with E-state index in [-0.39, 0.29) is 11.9 Å². The lowest BCUT2D eigenvalue weighted by atomic mass is 10.2. The first-order valence-electron chi connectivity index (χ1n) is 6.25. The van der Waals surface area contributed by atoms with Crippen molar-refractivity contribution in [2.75, 3.05) is 13.7 Å². The SMILES string of the molecule is COCC[C@H](C)NC(=O)[C@@H](C)Oc1ccccc1Br. The van der Waals surface area contributed by atoms with Crippen LogP contribution >= 0.6 is 15.9 Å². The summed E-state index contributed by atoms with van der Waals surface area (Å²) in [6.07, 6.45) is 0.243. The molecule has 0 heterocycles. The van der Waals surface area contributed by atoms with Crippen LogP contribution in [0.5, 0.6) is 5.75 Å². The smallest absolute Gasteiger partial charge is 0.260 e. The van der Waals surface area contributed by atoms with E-state index in [9.17, 15) is 4.79 Å². The minimum atomic E-state index is -0.538. The number of halogens is 1. The molecule has 0 radical (unpaired) electrons. The van der Waals surface area contributed by atoms with E-state index in [0.717, 1.165) is 10.9 Å². The zero-order valence-electron chi connectivity index (χ0n) is 11.5. The Morgan fingerprint density at radius 1 is 1.37 bits per heavy atom. The van der Waals surface area contributed by atoms with E-state index in [2.05, 4.69) is 21.2 Å². The lowest BCUT2D eigenvalue weighted by Crippen LogP contribution is -2.41. The molecule has 0 aliphatic carbocycles. The maximum Gasteiger partial charge on any atom is 0.260 e. The standard InChI is InChI=1S/C14H20BrNO3/c1-10(8-9-18-3)16-14(17)11(2)19-13-7-5-4-6-12(13)15/h4-7,10-11H,8-9H2,1-3H3,(H,16,17)/t10-,11+/m0/s1. The molecule has 4 nitrogen and oxygen atoms in total. The molecule has 19 heavy (non-hydrogen) atoms. The van der Waals surface area contributed by atoms with Gasteiger partial charge in [-0.2, -0.15) is 0 Å². The van der Waals surface area contributed by atoms with Crippen molar-refractivity contribution in [3.63, 3.8) is 0 Å². The molecule has 1 aromatic carbocycles. The first-order chi connectivity index (χ1) is 9.04. The van der Waals surface area contributed by atoms with E-state index in [1.165, 1.54) is 0 Å². The van der Waals surface area contributed by atoms with Crippen LogP contribution in [0.15, 0.2) is 28.7 Å². The third kappa shape index (κ3) is 5.61. The van der Waals surface area contributed by atoms with Gasteiger partial charge in [0.2, 0.25) is 0 Å². The van der Waals surface area contributed by atoms with Crippen LogP contribution in [0.2, 0.25) is 0 Å². The van der Waals surface area contributed by atoms with Crippen LogP contribution in [0.3, 0.4) is 0 Å². The number of carbonyl (C=O) groups excluding carboxylic acids is 1. The lowest BCUT2D eigenvalue weighted by Gasteiger charge is -2.19. The van der Waals surface area contributed by atoms with Gasteiger partial charge in [-0.05, 0) is 48.3 Å². The molecular formula is C14H20BrNO3. The molecular weight excluding hydrogens is 310 g/mol. The zero-order chi connectivity index (χ0) is 14.3. The Balaban J connectivity index is 2.47. The Labute approximate surface area is 122 Å². The molecule has 0 saturated heterocycles. The van der Waals surface area contributed by atoms with Crippen LogP contribution in [0.1, 0.15) is 20.3 Å². The largest absolute Gasteiger partial charge is 0.480 e. The summed E-state index contributed by atoms with van der Waals surface area (Å²) in [5, 5.41) is 2.89. The quantitative estimate of drug-likeness (QED) is 0.836. The van der Waals surface area contributed by atoms with Gasteiger partial charge in [-0.1, -0.05) is 12.1 Å². The van der Waals surface area contributed by atoms with Crippen LogP contribution in [0, 0.1) is 0 Å². The third-order valence-electron chi connectivity index (χ3n) is 2.65. The van der Waals surface area contributed by atoms with Crippen molar-refractivity contribution in [2.45, 2.75) is 32.4 Å². The highest BCUT2D eigenvalue weighted by atomic mass is 79.9. The predicted octanol–water partition coefficient (Wildman–Crippen LogP) is 2.76. The highest BCUT2D eigenvalue weighted by molar-refractivity contribution is 9.10. The Bertz CT molecular complexity index is 411. The number of carbonyl (C=O) groups is 1. The summed E-state index contributed by atoms with van der Waals surface area (Å²) in [6.45, 7) is 4.31. The number of hydrogen-bond donors (Lipinski definition) is 1. The number of hydrogen-bond acceptors (Lipinski definition) is 3. The van der Waals surface area contributed by atoms with Gasteiger partial charge in [-0.15, -0.1) is 0 Å². The number of nitrogens with one attached hydrogen (secondary N) is 1. The fourth-order valence-electron chi connectivity index (χ4n) is 1.51. The van der Waals surface area contributed by atoms with Crippen molar-refractivity contribution in [1.29, 1.82) is 0 Å². The van der Waals surface area contributed by atoms with Crippen LogP contribution < -0.4 is 10.1 Å². The summed E-state index contributed by atoms with van der Waals surface area (Å²) < 4.78 is 11.4. The number of ether oxygens (including phenoxy) is 2. The maximum atomic E-state index is 11.9. The molecule has 5 heteroatoms. The number of para-hydroxylation sites is 1. The maximum absolute atomic E-state index is 11.9. The van der Waals surface area contributed by atoms with Crippen molar-refractivity contribution in [2.24, 2.45) is 0 Å². The van der Waals surface area contributed by atoms with Gasteiger partial charge in [0.1, 0.15) is 5.75 Å². The van der Waals surface area contributed by atoms with Crippen LogP contribution in [-0.2, 0) is 9.53 Å². The molecule has 0 bridgehead atoms. The Kier molecular flexibility index (Phi) is 6.87. The summed E-state index contributed by atoms with van der Waals surface area (Å²) in [5.74, 6) is 0.536. The van der Waals surface area contributed by atoms with Crippen LogP contribution in [0.4, 0.5) is 0 Å². The molecule has 0 unspecified atom stereocenters. The Morgan fingerprint density at radius 3 is 2.68 bits per heavy atom. The van der Waals surface area contributed by atoms with E-state index in [4.69, 9.17) is 9.47 Å². The molecule has 0 aliphatic heterocycles. The van der Waals surface area contributed by atoms with Gasteiger partial charge in [-0.3, -0.25) is 4.79 Å². The summed E-state index contributed by atoms with van der Waals surface area (Å²) in [6, 6.07) is 7.53. The summed E-state index contributed by atoms with van der Waals surface area (Å²) in [4.78, 5) is 11.9. The first kappa shape index (κ1) is 16.0. The van der Waals surface area contributed by atoms with Gasteiger partial charge in [0.25, 0.3) is 5.91 Å². The average molecular weight is 330 g/mol. The van der Waals surface area contributed by atoms with Crippen molar-refractivity contribution < 1.29 is 14.3 Å². The van der Waals surface area contributed by atoms with Gasteiger partial charge < -0.3 is 14.8 Å². The van der Waals surface area contributed by atoms with Crippen LogP contribution in [-0.4, -0.2) is 31.8 Å². The average Bonchev–Trinajstić information content (AvgIpc) is 2.38. The normalized spacial score (nSPS) is 13.7. The molecule has 1 amide bonds. The van der Waals surface area contributed by atoms with Gasteiger partial charge in [0, 0.05) is 19.8 Å². The van der Waals surface area contributed by atoms with Gasteiger partial charge in [0.15, 0.2) is 6.10 Å². The number of methoxy groups -OCH3 is 1. The molecule has 2 atom stereocenters. The van der Waals surface area contributed by atoms with Crippen LogP contribution in [0.25, 0.3) is 0 Å². The second-order valence-corrected chi connectivity index (χ2v) is 5.24. The van der Waals surface area contributed by atoms with E-state index < -0.39 is 6.10 Å². The minimum absolute atomic E-state index is 0.0673. The second kappa shape index (κ2) is 8.17. The number of rotatable bonds is 7.